The molecule has 2 aromatic carbocycles. The number of allylic oxidation sites excluding steroid dienone is 4. The van der Waals surface area contributed by atoms with E-state index >= 15 is 0 Å². The molecule has 0 fully saturated rings. The van der Waals surface area contributed by atoms with Crippen LogP contribution in [0.3, 0.4) is 0 Å². The molecule has 1 aliphatic heterocycles. The van der Waals surface area contributed by atoms with E-state index in [4.69, 9.17) is 9.47 Å². The number of carbonyl (C=O) groups is 4. The topological polar surface area (TPSA) is 151 Å². The number of ketones is 3. The highest BCUT2D eigenvalue weighted by molar-refractivity contribution is 6.31. The van der Waals surface area contributed by atoms with E-state index in [1.54, 1.807) is 31.2 Å². The molecule has 1 heterocycles. The number of fused-ring (bicyclic) bond motifs is 3. The fourth-order valence-electron chi connectivity index (χ4n) is 4.77. The van der Waals surface area contributed by atoms with Crippen LogP contribution in [0, 0.1) is 6.92 Å². The van der Waals surface area contributed by atoms with Crippen LogP contribution in [0.1, 0.15) is 48.7 Å². The molecule has 10 heteroatoms. The quantitative estimate of drug-likeness (QED) is 0.245. The average Bonchev–Trinajstić information content (AvgIpc) is 3.15. The Bertz CT molecular complexity index is 1470. The van der Waals surface area contributed by atoms with Gasteiger partial charge in [0.25, 0.3) is 0 Å². The minimum Gasteiger partial charge on any atom is -0.507 e. The number of amides is 1. The summed E-state index contributed by atoms with van der Waals surface area (Å²) >= 11 is 0. The monoisotopic (exact) mass is 520 g/mol. The summed E-state index contributed by atoms with van der Waals surface area (Å²) in [5.74, 6) is -2.61. The van der Waals surface area contributed by atoms with Crippen LogP contribution in [-0.2, 0) is 19.8 Å². The Morgan fingerprint density at radius 1 is 1.11 bits per heavy atom. The molecular weight excluding hydrogens is 492 g/mol. The first-order chi connectivity index (χ1) is 17.9. The van der Waals surface area contributed by atoms with Crippen molar-refractivity contribution in [2.24, 2.45) is 0 Å². The molecular formula is C28H28N2O8. The third-order valence-electron chi connectivity index (χ3n) is 6.88. The van der Waals surface area contributed by atoms with Crippen LogP contribution in [0.15, 0.2) is 47.4 Å². The van der Waals surface area contributed by atoms with Crippen LogP contribution in [0.25, 0.3) is 0 Å². The number of hydrogen-bond acceptors (Lipinski definition) is 9. The summed E-state index contributed by atoms with van der Waals surface area (Å²) < 4.78 is 11.0. The lowest BCUT2D eigenvalue weighted by Gasteiger charge is -2.29. The minimum absolute atomic E-state index is 0.0169. The van der Waals surface area contributed by atoms with Crippen LogP contribution in [0.2, 0.25) is 0 Å². The van der Waals surface area contributed by atoms with E-state index in [1.807, 2.05) is 0 Å². The molecule has 198 valence electrons. The lowest BCUT2D eigenvalue weighted by Crippen LogP contribution is -2.41. The van der Waals surface area contributed by atoms with Gasteiger partial charge in [0.1, 0.15) is 39.7 Å². The van der Waals surface area contributed by atoms with Gasteiger partial charge in [0.2, 0.25) is 5.91 Å². The fourth-order valence-corrected chi connectivity index (χ4v) is 4.77. The molecule has 0 aromatic heterocycles. The lowest BCUT2D eigenvalue weighted by atomic mass is 9.70. The molecule has 1 amide bonds. The maximum atomic E-state index is 13.8. The van der Waals surface area contributed by atoms with Crippen molar-refractivity contribution in [3.8, 4) is 23.0 Å². The van der Waals surface area contributed by atoms with Crippen molar-refractivity contribution in [3.05, 3.63) is 64.1 Å². The Labute approximate surface area is 218 Å². The third-order valence-corrected chi connectivity index (χ3v) is 6.88. The van der Waals surface area contributed by atoms with Gasteiger partial charge in [-0.1, -0.05) is 12.1 Å². The van der Waals surface area contributed by atoms with E-state index in [1.165, 1.54) is 27.9 Å². The van der Waals surface area contributed by atoms with Crippen molar-refractivity contribution in [1.29, 1.82) is 0 Å². The zero-order chi connectivity index (χ0) is 27.9. The standard InChI is InChI=1S/C28H28N2O8/c1-13-24(34)22(15(3)31)26-23(25(13)35)28(4)19(38-26)12-17(32)21(27(28)36)14(2)29-11-10-20(33)30-16-8-6-7-9-18(16)37-5/h6-9,12,29,34-35H,10-11H2,1-5H3,(H,30,33)/t28-/m0/s1. The first kappa shape index (κ1) is 26.5. The molecule has 0 saturated carbocycles. The van der Waals surface area contributed by atoms with Crippen LogP contribution >= 0.6 is 0 Å². The smallest absolute Gasteiger partial charge is 0.226 e. The number of benzene rings is 2. The maximum Gasteiger partial charge on any atom is 0.226 e. The molecule has 0 radical (unpaired) electrons. The van der Waals surface area contributed by atoms with E-state index in [9.17, 15) is 29.4 Å². The number of rotatable bonds is 7. The summed E-state index contributed by atoms with van der Waals surface area (Å²) in [6, 6.07) is 6.97. The van der Waals surface area contributed by atoms with Crippen LogP contribution in [0.5, 0.6) is 23.0 Å². The second-order valence-electron chi connectivity index (χ2n) is 9.31. The van der Waals surface area contributed by atoms with Crippen molar-refractivity contribution in [1.82, 2.24) is 5.32 Å². The average molecular weight is 521 g/mol. The Morgan fingerprint density at radius 3 is 2.45 bits per heavy atom. The number of phenols is 2. The van der Waals surface area contributed by atoms with Gasteiger partial charge in [-0.25, -0.2) is 0 Å². The van der Waals surface area contributed by atoms with E-state index in [-0.39, 0.29) is 58.3 Å². The lowest BCUT2D eigenvalue weighted by molar-refractivity contribution is -0.123. The van der Waals surface area contributed by atoms with Crippen molar-refractivity contribution in [2.75, 3.05) is 19.0 Å². The number of nitrogens with one attached hydrogen (secondary N) is 2. The van der Waals surface area contributed by atoms with Crippen molar-refractivity contribution >= 4 is 28.9 Å². The van der Waals surface area contributed by atoms with Gasteiger partial charge in [-0.15, -0.1) is 0 Å². The van der Waals surface area contributed by atoms with Gasteiger partial charge in [0, 0.05) is 30.3 Å². The Morgan fingerprint density at radius 2 is 1.79 bits per heavy atom. The number of carbonyl (C=O) groups excluding carboxylic acids is 4. The number of ether oxygens (including phenoxy) is 2. The number of para-hydroxylation sites is 2. The molecule has 10 nitrogen and oxygen atoms in total. The van der Waals surface area contributed by atoms with Crippen molar-refractivity contribution in [3.63, 3.8) is 0 Å². The van der Waals surface area contributed by atoms with E-state index in [0.717, 1.165) is 6.08 Å². The normalized spacial score (nSPS) is 19.1. The fraction of sp³-hybridized carbons (Fsp3) is 0.286. The first-order valence-corrected chi connectivity index (χ1v) is 11.9. The minimum atomic E-state index is -1.60. The van der Waals surface area contributed by atoms with Crippen molar-refractivity contribution in [2.45, 2.75) is 39.5 Å². The van der Waals surface area contributed by atoms with Crippen LogP contribution < -0.4 is 20.1 Å². The molecule has 0 bridgehead atoms. The highest BCUT2D eigenvalue weighted by atomic mass is 16.5. The van der Waals surface area contributed by atoms with E-state index < -0.39 is 34.3 Å². The van der Waals surface area contributed by atoms with Crippen LogP contribution in [-0.4, -0.2) is 47.1 Å². The van der Waals surface area contributed by atoms with E-state index in [0.29, 0.717) is 11.4 Å². The predicted octanol–water partition coefficient (Wildman–Crippen LogP) is 3.20. The number of aromatic hydroxyl groups is 2. The second kappa shape index (κ2) is 9.70. The van der Waals surface area contributed by atoms with Gasteiger partial charge < -0.3 is 30.3 Å². The highest BCUT2D eigenvalue weighted by Gasteiger charge is 2.56. The molecule has 4 rings (SSSR count). The van der Waals surface area contributed by atoms with Gasteiger partial charge in [-0.3, -0.25) is 19.2 Å². The Kier molecular flexibility index (Phi) is 6.75. The Balaban J connectivity index is 1.60. The molecule has 0 spiro atoms. The highest BCUT2D eigenvalue weighted by Crippen LogP contribution is 2.57. The Hall–Kier alpha value is -4.60. The summed E-state index contributed by atoms with van der Waals surface area (Å²) in [4.78, 5) is 51.5. The molecule has 2 aromatic rings. The van der Waals surface area contributed by atoms with Gasteiger partial charge in [-0.05, 0) is 39.8 Å². The first-order valence-electron chi connectivity index (χ1n) is 11.9. The molecule has 4 N–H and O–H groups in total. The van der Waals surface area contributed by atoms with E-state index in [2.05, 4.69) is 10.6 Å². The molecule has 2 aliphatic rings. The molecule has 0 saturated heterocycles. The number of phenolic OH excluding ortho intramolecular Hbond substituents is 2. The predicted molar refractivity (Wildman–Crippen MR) is 138 cm³/mol. The van der Waals surface area contributed by atoms with Crippen molar-refractivity contribution < 1.29 is 38.9 Å². The number of anilines is 1. The summed E-state index contributed by atoms with van der Waals surface area (Å²) in [7, 11) is 1.50. The zero-order valence-electron chi connectivity index (χ0n) is 21.6. The summed E-state index contributed by atoms with van der Waals surface area (Å²) in [5, 5.41) is 27.1. The number of Topliss-reactive ketones (excluding diaryl/α,β-unsaturated/α-hetero) is 2. The third kappa shape index (κ3) is 4.07. The molecule has 38 heavy (non-hydrogen) atoms. The maximum absolute atomic E-state index is 13.8. The number of methoxy groups -OCH3 is 1. The largest absolute Gasteiger partial charge is 0.507 e. The zero-order valence-corrected chi connectivity index (χ0v) is 21.6. The van der Waals surface area contributed by atoms with Gasteiger partial charge in [0.15, 0.2) is 17.3 Å². The summed E-state index contributed by atoms with van der Waals surface area (Å²) in [5.41, 5.74) is -1.13. The second-order valence-corrected chi connectivity index (χ2v) is 9.31. The molecule has 1 aliphatic carbocycles. The summed E-state index contributed by atoms with van der Waals surface area (Å²) in [6.45, 7) is 5.81. The van der Waals surface area contributed by atoms with Crippen LogP contribution in [0.4, 0.5) is 5.69 Å². The van der Waals surface area contributed by atoms with Gasteiger partial charge in [0.05, 0.1) is 23.9 Å². The summed E-state index contributed by atoms with van der Waals surface area (Å²) in [6.07, 6.45) is 1.18. The molecule has 0 unspecified atom stereocenters. The molecule has 1 atom stereocenters. The number of hydrogen-bond donors (Lipinski definition) is 4. The van der Waals surface area contributed by atoms with Gasteiger partial charge >= 0.3 is 0 Å². The SMILES string of the molecule is COc1ccccc1NC(=O)CCNC(C)=C1C(=O)C=C2Oc3c(C(C)=O)c(O)c(C)c(O)c3[C@@]2(C)C1=O. The van der Waals surface area contributed by atoms with Gasteiger partial charge in [-0.2, -0.15) is 0 Å².